The Morgan fingerprint density at radius 1 is 1.24 bits per heavy atom. The van der Waals surface area contributed by atoms with Crippen LogP contribution in [0.5, 0.6) is 0 Å². The van der Waals surface area contributed by atoms with Crippen LogP contribution >= 0.6 is 0 Å². The minimum absolute atomic E-state index is 0. The van der Waals surface area contributed by atoms with Gasteiger partial charge in [-0.05, 0) is 0 Å². The second-order valence-electron chi connectivity index (χ2n) is 2.51. The zero-order chi connectivity index (χ0) is 12.1. The molecule has 1 heterocycles. The van der Waals surface area contributed by atoms with Gasteiger partial charge in [-0.15, -0.1) is 0 Å². The van der Waals surface area contributed by atoms with Crippen LogP contribution in [0.1, 0.15) is 6.42 Å². The van der Waals surface area contributed by atoms with E-state index in [4.69, 9.17) is 4.55 Å². The van der Waals surface area contributed by atoms with Crippen LogP contribution in [0.2, 0.25) is 0 Å². The molecule has 0 spiro atoms. The molecule has 0 aromatic carbocycles. The van der Waals surface area contributed by atoms with Crippen LogP contribution in [0.3, 0.4) is 0 Å². The number of carbonyl (C=O) groups is 2. The van der Waals surface area contributed by atoms with Crippen molar-refractivity contribution in [2.45, 2.75) is 11.7 Å². The fraction of sp³-hybridized carbons (Fsp3) is 0.667. The van der Waals surface area contributed by atoms with E-state index in [9.17, 15) is 28.2 Å². The predicted molar refractivity (Wildman–Crippen MR) is 40.8 cm³/mol. The number of carboxylic acid groups (broad SMARTS) is 2. The Morgan fingerprint density at radius 2 is 1.59 bits per heavy atom. The van der Waals surface area contributed by atoms with Gasteiger partial charge in [0.15, 0.2) is 0 Å². The van der Waals surface area contributed by atoms with Crippen LogP contribution in [0.15, 0.2) is 0 Å². The van der Waals surface area contributed by atoms with Crippen molar-refractivity contribution < 1.29 is 96.6 Å². The van der Waals surface area contributed by atoms with Crippen molar-refractivity contribution in [3.8, 4) is 0 Å². The standard InChI is InChI=1S/C4H6O7S.C2H4O.2Na/c5-3(6)1-2(4(7)8)12(9,10)11;1-2-3-1;;/h2H,1H2,(H,5,6)(H,7,8)(H,9,10,11);1-2H2;;/q;;2*+1/p-2. The first-order chi connectivity index (χ1) is 6.75. The van der Waals surface area contributed by atoms with Gasteiger partial charge in [0.1, 0.15) is 5.25 Å². The minimum Gasteiger partial charge on any atom is -0.550 e. The summed E-state index contributed by atoms with van der Waals surface area (Å²) in [6.45, 7) is 2.00. The summed E-state index contributed by atoms with van der Waals surface area (Å²) in [5.74, 6) is -4.08. The average molecular weight is 286 g/mol. The molecule has 0 bridgehead atoms. The number of carbonyl (C=O) groups excluding carboxylic acids is 2. The molecule has 0 amide bonds. The largest absolute Gasteiger partial charge is 1.00 e. The Bertz CT molecular complexity index is 335. The molecule has 17 heavy (non-hydrogen) atoms. The van der Waals surface area contributed by atoms with Gasteiger partial charge in [0, 0.05) is 12.4 Å². The SMILES string of the molecule is C1CO1.O=C([O-])CC(C(=O)[O-])S(=O)(=O)O.[Na+].[Na+]. The number of rotatable bonds is 4. The molecule has 0 aromatic heterocycles. The van der Waals surface area contributed by atoms with E-state index in [2.05, 4.69) is 4.74 Å². The van der Waals surface area contributed by atoms with E-state index in [0.717, 1.165) is 13.2 Å². The van der Waals surface area contributed by atoms with Crippen LogP contribution in [-0.2, 0) is 24.4 Å². The summed E-state index contributed by atoms with van der Waals surface area (Å²) in [4.78, 5) is 19.7. The topological polar surface area (TPSA) is 147 Å². The number of carboxylic acids is 2. The fourth-order valence-corrected chi connectivity index (χ4v) is 1.05. The third-order valence-corrected chi connectivity index (χ3v) is 2.26. The van der Waals surface area contributed by atoms with Gasteiger partial charge in [-0.3, -0.25) is 4.55 Å². The van der Waals surface area contributed by atoms with Crippen molar-refractivity contribution in [2.24, 2.45) is 0 Å². The number of epoxide rings is 1. The summed E-state index contributed by atoms with van der Waals surface area (Å²) in [7, 11) is -4.94. The van der Waals surface area contributed by atoms with Crippen LogP contribution in [-0.4, -0.2) is 43.4 Å². The van der Waals surface area contributed by atoms with Crippen molar-refractivity contribution in [1.29, 1.82) is 0 Å². The summed E-state index contributed by atoms with van der Waals surface area (Å²) in [6, 6.07) is 0. The molecule has 0 saturated carbocycles. The average Bonchev–Trinajstić information content (AvgIpc) is 2.82. The molecule has 88 valence electrons. The number of aliphatic carboxylic acids is 2. The second kappa shape index (κ2) is 10.7. The zero-order valence-corrected chi connectivity index (χ0v) is 14.2. The molecule has 1 atom stereocenters. The van der Waals surface area contributed by atoms with Gasteiger partial charge >= 0.3 is 59.1 Å². The molecule has 0 aliphatic carbocycles. The first kappa shape index (κ1) is 22.9. The Morgan fingerprint density at radius 3 is 1.65 bits per heavy atom. The maximum atomic E-state index is 10.2. The van der Waals surface area contributed by atoms with E-state index in [1.165, 1.54) is 0 Å². The summed E-state index contributed by atoms with van der Waals surface area (Å²) in [6.07, 6.45) is -1.33. The number of hydrogen-bond donors (Lipinski definition) is 1. The van der Waals surface area contributed by atoms with Gasteiger partial charge in [0.2, 0.25) is 0 Å². The van der Waals surface area contributed by atoms with Crippen molar-refractivity contribution in [3.63, 3.8) is 0 Å². The molecule has 1 fully saturated rings. The quantitative estimate of drug-likeness (QED) is 0.304. The molecule has 1 aliphatic rings. The Balaban J connectivity index is -0.000000338. The van der Waals surface area contributed by atoms with E-state index < -0.39 is 33.7 Å². The normalized spacial score (nSPS) is 13.9. The summed E-state index contributed by atoms with van der Waals surface area (Å²) in [5, 5.41) is 17.3. The van der Waals surface area contributed by atoms with Crippen LogP contribution in [0.25, 0.3) is 0 Å². The molecule has 1 unspecified atom stereocenters. The van der Waals surface area contributed by atoms with Gasteiger partial charge in [0.05, 0.1) is 19.2 Å². The summed E-state index contributed by atoms with van der Waals surface area (Å²) >= 11 is 0. The van der Waals surface area contributed by atoms with Gasteiger partial charge in [0.25, 0.3) is 10.1 Å². The first-order valence-electron chi connectivity index (χ1n) is 3.70. The molecule has 8 nitrogen and oxygen atoms in total. The van der Waals surface area contributed by atoms with E-state index in [1.54, 1.807) is 0 Å². The van der Waals surface area contributed by atoms with Crippen molar-refractivity contribution >= 4 is 22.1 Å². The van der Waals surface area contributed by atoms with E-state index in [0.29, 0.717) is 0 Å². The fourth-order valence-electron chi connectivity index (χ4n) is 0.462. The monoisotopic (exact) mass is 286 g/mol. The van der Waals surface area contributed by atoms with Gasteiger partial charge in [-0.25, -0.2) is 0 Å². The molecule has 0 aromatic rings. The molecule has 11 heteroatoms. The molecule has 1 aliphatic heterocycles. The Kier molecular flexibility index (Phi) is 14.5. The summed E-state index contributed by atoms with van der Waals surface area (Å²) in [5.41, 5.74) is 0. The molecule has 0 radical (unpaired) electrons. The van der Waals surface area contributed by atoms with Gasteiger partial charge in [-0.2, -0.15) is 8.42 Å². The minimum atomic E-state index is -4.94. The zero-order valence-electron chi connectivity index (χ0n) is 9.41. The maximum absolute atomic E-state index is 10.2. The van der Waals surface area contributed by atoms with Crippen LogP contribution < -0.4 is 69.3 Å². The van der Waals surface area contributed by atoms with Crippen molar-refractivity contribution in [3.05, 3.63) is 0 Å². The van der Waals surface area contributed by atoms with Crippen molar-refractivity contribution in [1.82, 2.24) is 0 Å². The van der Waals surface area contributed by atoms with Crippen LogP contribution in [0.4, 0.5) is 0 Å². The molecular formula is C6H8Na2O8S. The van der Waals surface area contributed by atoms with E-state index in [-0.39, 0.29) is 59.1 Å². The first-order valence-corrected chi connectivity index (χ1v) is 5.20. The predicted octanol–water partition coefficient (Wildman–Crippen LogP) is -9.84. The third kappa shape index (κ3) is 14.8. The molecule has 1 N–H and O–H groups in total. The Hall–Kier alpha value is 0.810. The van der Waals surface area contributed by atoms with E-state index >= 15 is 0 Å². The number of ether oxygens (including phenoxy) is 1. The smallest absolute Gasteiger partial charge is 0.550 e. The van der Waals surface area contributed by atoms with Crippen molar-refractivity contribution in [2.75, 3.05) is 13.2 Å². The van der Waals surface area contributed by atoms with E-state index in [1.807, 2.05) is 0 Å². The summed E-state index contributed by atoms with van der Waals surface area (Å²) < 4.78 is 33.0. The number of hydrogen-bond acceptors (Lipinski definition) is 7. The molecular weight excluding hydrogens is 278 g/mol. The van der Waals surface area contributed by atoms with Gasteiger partial charge in [-0.1, -0.05) is 0 Å². The molecule has 1 saturated heterocycles. The maximum Gasteiger partial charge on any atom is 1.00 e. The van der Waals surface area contributed by atoms with Crippen LogP contribution in [0, 0.1) is 0 Å². The second-order valence-corrected chi connectivity index (χ2v) is 4.11. The Labute approximate surface area is 142 Å². The van der Waals surface area contributed by atoms with Gasteiger partial charge < -0.3 is 24.5 Å². The molecule has 1 rings (SSSR count). The third-order valence-electron chi connectivity index (χ3n) is 1.18.